The van der Waals surface area contributed by atoms with E-state index in [0.29, 0.717) is 37.0 Å². The molecule has 0 spiro atoms. The molecule has 2 aromatic rings. The van der Waals surface area contributed by atoms with E-state index in [4.69, 9.17) is 4.42 Å². The summed E-state index contributed by atoms with van der Waals surface area (Å²) in [5.74, 6) is 1.96. The third-order valence-electron chi connectivity index (χ3n) is 5.67. The van der Waals surface area contributed by atoms with E-state index in [0.717, 1.165) is 19.3 Å². The van der Waals surface area contributed by atoms with Crippen molar-refractivity contribution in [1.82, 2.24) is 19.7 Å². The summed E-state index contributed by atoms with van der Waals surface area (Å²) in [5, 5.41) is 7.39. The monoisotopic (exact) mass is 372 g/mol. The van der Waals surface area contributed by atoms with E-state index < -0.39 is 0 Å². The van der Waals surface area contributed by atoms with E-state index in [1.54, 1.807) is 16.9 Å². The smallest absolute Gasteiger partial charge is 0.346 e. The topological polar surface area (TPSA) is 82.1 Å². The molecule has 1 N–H and O–H groups in total. The van der Waals surface area contributed by atoms with Gasteiger partial charge in [0.2, 0.25) is 11.7 Å². The molecule has 0 aliphatic heterocycles. The molecule has 27 heavy (non-hydrogen) atoms. The largest absolute Gasteiger partial charge is 0.461 e. The highest BCUT2D eigenvalue weighted by Gasteiger charge is 2.31. The van der Waals surface area contributed by atoms with E-state index >= 15 is 0 Å². The zero-order valence-corrected chi connectivity index (χ0v) is 15.7. The number of nitrogens with one attached hydrogen (secondary N) is 1. The highest BCUT2D eigenvalue weighted by molar-refractivity contribution is 5.75. The van der Waals surface area contributed by atoms with E-state index in [1.165, 1.54) is 36.8 Å². The van der Waals surface area contributed by atoms with Crippen LogP contribution in [0.15, 0.2) is 27.6 Å². The van der Waals surface area contributed by atoms with Gasteiger partial charge < -0.3 is 9.73 Å². The number of amides is 1. The van der Waals surface area contributed by atoms with Crippen LogP contribution in [0.25, 0.3) is 11.6 Å². The Bertz CT molecular complexity index is 811. The predicted octanol–water partition coefficient (Wildman–Crippen LogP) is 3.12. The molecule has 7 nitrogen and oxygen atoms in total. The fourth-order valence-corrected chi connectivity index (χ4v) is 4.00. The van der Waals surface area contributed by atoms with Crippen molar-refractivity contribution in [1.29, 1.82) is 0 Å². The molecule has 0 saturated heterocycles. The van der Waals surface area contributed by atoms with Crippen LogP contribution in [0, 0.1) is 5.92 Å². The van der Waals surface area contributed by atoms with Crippen molar-refractivity contribution in [3.05, 3.63) is 28.9 Å². The number of nitrogens with zero attached hydrogens (tertiary/aromatic N) is 3. The maximum Gasteiger partial charge on any atom is 0.346 e. The highest BCUT2D eigenvalue weighted by atomic mass is 16.3. The number of carbonyl (C=O) groups excluding carboxylic acids is 1. The average molecular weight is 372 g/mol. The first-order chi connectivity index (χ1) is 13.2. The molecule has 2 aromatic heterocycles. The molecule has 0 atom stereocenters. The molecular formula is C20H28N4O3. The number of furan rings is 1. The molecule has 2 aliphatic carbocycles. The minimum Gasteiger partial charge on any atom is -0.461 e. The molecule has 0 radical (unpaired) electrons. The summed E-state index contributed by atoms with van der Waals surface area (Å²) >= 11 is 0. The van der Waals surface area contributed by atoms with Gasteiger partial charge in [-0.3, -0.25) is 9.36 Å². The van der Waals surface area contributed by atoms with E-state index in [9.17, 15) is 9.59 Å². The molecule has 1 amide bonds. The highest BCUT2D eigenvalue weighted by Crippen LogP contribution is 2.36. The van der Waals surface area contributed by atoms with Crippen LogP contribution in [-0.2, 0) is 11.3 Å². The van der Waals surface area contributed by atoms with Gasteiger partial charge in [0.1, 0.15) is 0 Å². The molecule has 2 heterocycles. The van der Waals surface area contributed by atoms with Gasteiger partial charge in [0.15, 0.2) is 5.76 Å². The van der Waals surface area contributed by atoms with Gasteiger partial charge in [0.25, 0.3) is 0 Å². The van der Waals surface area contributed by atoms with Crippen LogP contribution >= 0.6 is 0 Å². The lowest BCUT2D eigenvalue weighted by atomic mass is 9.86. The van der Waals surface area contributed by atoms with Gasteiger partial charge in [-0.2, -0.15) is 0 Å². The Kier molecular flexibility index (Phi) is 5.45. The predicted molar refractivity (Wildman–Crippen MR) is 101 cm³/mol. The second-order valence-electron chi connectivity index (χ2n) is 7.80. The SMILES string of the molecule is O=C(CCC1CCCCC1)NCCn1nc(-c2ccco2)n(C2CC2)c1=O. The fourth-order valence-electron chi connectivity index (χ4n) is 4.00. The summed E-state index contributed by atoms with van der Waals surface area (Å²) in [7, 11) is 0. The summed E-state index contributed by atoms with van der Waals surface area (Å²) in [6, 6.07) is 3.83. The van der Waals surface area contributed by atoms with Crippen LogP contribution in [0.2, 0.25) is 0 Å². The van der Waals surface area contributed by atoms with Crippen LogP contribution in [0.5, 0.6) is 0 Å². The molecule has 146 valence electrons. The fraction of sp³-hybridized carbons (Fsp3) is 0.650. The molecule has 7 heteroatoms. The molecule has 2 saturated carbocycles. The minimum atomic E-state index is -0.125. The Balaban J connectivity index is 1.31. The van der Waals surface area contributed by atoms with Crippen molar-refractivity contribution < 1.29 is 9.21 Å². The first-order valence-corrected chi connectivity index (χ1v) is 10.2. The third-order valence-corrected chi connectivity index (χ3v) is 5.67. The van der Waals surface area contributed by atoms with E-state index in [2.05, 4.69) is 10.4 Å². The summed E-state index contributed by atoms with van der Waals surface area (Å²) in [6.45, 7) is 0.796. The molecular weight excluding hydrogens is 344 g/mol. The zero-order valence-electron chi connectivity index (χ0n) is 15.7. The third kappa shape index (κ3) is 4.34. The van der Waals surface area contributed by atoms with Gasteiger partial charge in [0.05, 0.1) is 12.8 Å². The summed E-state index contributed by atoms with van der Waals surface area (Å²) in [5.41, 5.74) is -0.125. The molecule has 0 aromatic carbocycles. The number of hydrogen-bond donors (Lipinski definition) is 1. The van der Waals surface area contributed by atoms with Gasteiger partial charge in [0, 0.05) is 19.0 Å². The maximum atomic E-state index is 12.7. The summed E-state index contributed by atoms with van der Waals surface area (Å²) in [4.78, 5) is 24.8. The van der Waals surface area contributed by atoms with Crippen LogP contribution in [0.4, 0.5) is 0 Å². The maximum absolute atomic E-state index is 12.7. The molecule has 0 bridgehead atoms. The lowest BCUT2D eigenvalue weighted by Gasteiger charge is -2.20. The van der Waals surface area contributed by atoms with Crippen molar-refractivity contribution in [2.24, 2.45) is 5.92 Å². The molecule has 0 unspecified atom stereocenters. The van der Waals surface area contributed by atoms with Crippen LogP contribution < -0.4 is 11.0 Å². The molecule has 2 aliphatic rings. The number of carbonyl (C=O) groups is 1. The van der Waals surface area contributed by atoms with Gasteiger partial charge in [-0.15, -0.1) is 5.10 Å². The standard InChI is InChI=1S/C20H28N4O3/c25-18(11-8-15-5-2-1-3-6-15)21-12-13-23-20(26)24(16-9-10-16)19(22-23)17-7-4-14-27-17/h4,7,14-16H,1-3,5-6,8-13H2,(H,21,25). The number of aromatic nitrogens is 3. The molecule has 2 fully saturated rings. The lowest BCUT2D eigenvalue weighted by Crippen LogP contribution is -2.32. The van der Waals surface area contributed by atoms with Crippen LogP contribution in [0.3, 0.4) is 0 Å². The Morgan fingerprint density at radius 3 is 2.74 bits per heavy atom. The van der Waals surface area contributed by atoms with Gasteiger partial charge >= 0.3 is 5.69 Å². The quantitative estimate of drug-likeness (QED) is 0.772. The second-order valence-corrected chi connectivity index (χ2v) is 7.80. The average Bonchev–Trinajstić information content (AvgIpc) is 3.26. The second kappa shape index (κ2) is 8.15. The first-order valence-electron chi connectivity index (χ1n) is 10.2. The first kappa shape index (κ1) is 18.1. The van der Waals surface area contributed by atoms with Crippen LogP contribution in [0.1, 0.15) is 63.8 Å². The van der Waals surface area contributed by atoms with Crippen molar-refractivity contribution in [3.8, 4) is 11.6 Å². The normalized spacial score (nSPS) is 17.9. The van der Waals surface area contributed by atoms with E-state index in [-0.39, 0.29) is 17.6 Å². The van der Waals surface area contributed by atoms with Gasteiger partial charge in [-0.25, -0.2) is 9.48 Å². The van der Waals surface area contributed by atoms with Crippen molar-refractivity contribution in [3.63, 3.8) is 0 Å². The Hall–Kier alpha value is -2.31. The lowest BCUT2D eigenvalue weighted by molar-refractivity contribution is -0.121. The van der Waals surface area contributed by atoms with Crippen LogP contribution in [-0.4, -0.2) is 26.8 Å². The van der Waals surface area contributed by atoms with E-state index in [1.807, 2.05) is 6.07 Å². The Morgan fingerprint density at radius 2 is 2.04 bits per heavy atom. The number of hydrogen-bond acceptors (Lipinski definition) is 4. The summed E-state index contributed by atoms with van der Waals surface area (Å²) < 4.78 is 8.60. The Labute approximate surface area is 158 Å². The van der Waals surface area contributed by atoms with Crippen molar-refractivity contribution >= 4 is 5.91 Å². The van der Waals surface area contributed by atoms with Gasteiger partial charge in [-0.1, -0.05) is 32.1 Å². The number of rotatable bonds is 8. The molecule has 4 rings (SSSR count). The Morgan fingerprint density at radius 1 is 1.22 bits per heavy atom. The minimum absolute atomic E-state index is 0.0708. The zero-order chi connectivity index (χ0) is 18.6. The van der Waals surface area contributed by atoms with Crippen molar-refractivity contribution in [2.75, 3.05) is 6.54 Å². The van der Waals surface area contributed by atoms with Crippen molar-refractivity contribution in [2.45, 2.75) is 70.4 Å². The van der Waals surface area contributed by atoms with Gasteiger partial charge in [-0.05, 0) is 37.3 Å². The summed E-state index contributed by atoms with van der Waals surface area (Å²) in [6.07, 6.45) is 11.6.